The zero-order valence-electron chi connectivity index (χ0n) is 11.4. The van der Waals surface area contributed by atoms with Crippen molar-refractivity contribution in [1.82, 2.24) is 5.32 Å². The monoisotopic (exact) mass is 237 g/mol. The van der Waals surface area contributed by atoms with Crippen LogP contribution >= 0.6 is 0 Å². The van der Waals surface area contributed by atoms with E-state index in [1.165, 1.54) is 0 Å². The lowest BCUT2D eigenvalue weighted by Crippen LogP contribution is -2.22. The maximum absolute atomic E-state index is 13.8. The Morgan fingerprint density at radius 2 is 1.94 bits per heavy atom. The van der Waals surface area contributed by atoms with Crippen molar-refractivity contribution in [3.8, 4) is 0 Å². The topological polar surface area (TPSA) is 12.0 Å². The van der Waals surface area contributed by atoms with Crippen molar-refractivity contribution in [1.29, 1.82) is 0 Å². The largest absolute Gasteiger partial charge is 0.310 e. The smallest absolute Gasteiger partial charge is 0.127 e. The Morgan fingerprint density at radius 1 is 1.24 bits per heavy atom. The molecule has 17 heavy (non-hydrogen) atoms. The van der Waals surface area contributed by atoms with Crippen molar-refractivity contribution in [2.45, 2.75) is 46.6 Å². The van der Waals surface area contributed by atoms with E-state index < -0.39 is 0 Å². The minimum atomic E-state index is -0.0923. The molecule has 0 aliphatic carbocycles. The highest BCUT2D eigenvalue weighted by Gasteiger charge is 2.15. The third-order valence-corrected chi connectivity index (χ3v) is 3.01. The van der Waals surface area contributed by atoms with E-state index in [9.17, 15) is 4.39 Å². The maximum atomic E-state index is 13.8. The molecule has 1 N–H and O–H groups in total. The molecule has 0 spiro atoms. The van der Waals surface area contributed by atoms with Gasteiger partial charge < -0.3 is 5.32 Å². The Hall–Kier alpha value is -0.890. The lowest BCUT2D eigenvalue weighted by atomic mass is 9.96. The second kappa shape index (κ2) is 6.75. The Labute approximate surface area is 104 Å². The summed E-state index contributed by atoms with van der Waals surface area (Å²) < 4.78 is 13.8. The van der Waals surface area contributed by atoms with Gasteiger partial charge in [-0.05, 0) is 38.3 Å². The summed E-state index contributed by atoms with van der Waals surface area (Å²) in [6.07, 6.45) is 2.11. The summed E-state index contributed by atoms with van der Waals surface area (Å²) in [6.45, 7) is 9.35. The first kappa shape index (κ1) is 14.2. The zero-order chi connectivity index (χ0) is 12.8. The van der Waals surface area contributed by atoms with Gasteiger partial charge in [0.1, 0.15) is 5.82 Å². The molecule has 0 radical (unpaired) electrons. The van der Waals surface area contributed by atoms with Crippen molar-refractivity contribution >= 4 is 0 Å². The fourth-order valence-corrected chi connectivity index (χ4v) is 2.04. The summed E-state index contributed by atoms with van der Waals surface area (Å²) in [6, 6.07) is 5.50. The van der Waals surface area contributed by atoms with Gasteiger partial charge in [-0.1, -0.05) is 38.5 Å². The van der Waals surface area contributed by atoms with E-state index in [1.54, 1.807) is 6.07 Å². The normalized spacial score (nSPS) is 13.1. The van der Waals surface area contributed by atoms with Gasteiger partial charge in [0.2, 0.25) is 0 Å². The number of hydrogen-bond donors (Lipinski definition) is 1. The first-order valence-corrected chi connectivity index (χ1v) is 6.54. The first-order chi connectivity index (χ1) is 8.04. The van der Waals surface area contributed by atoms with E-state index in [2.05, 4.69) is 26.1 Å². The van der Waals surface area contributed by atoms with E-state index in [-0.39, 0.29) is 11.9 Å². The Kier molecular flexibility index (Phi) is 5.63. The highest BCUT2D eigenvalue weighted by molar-refractivity contribution is 5.26. The molecule has 2 heteroatoms. The van der Waals surface area contributed by atoms with Crippen LogP contribution in [0.2, 0.25) is 0 Å². The summed E-state index contributed by atoms with van der Waals surface area (Å²) >= 11 is 0. The van der Waals surface area contributed by atoms with E-state index in [1.807, 2.05) is 19.1 Å². The van der Waals surface area contributed by atoms with Crippen LogP contribution < -0.4 is 5.32 Å². The lowest BCUT2D eigenvalue weighted by molar-refractivity contribution is 0.434. The molecule has 1 atom stereocenters. The van der Waals surface area contributed by atoms with Gasteiger partial charge in [0.25, 0.3) is 0 Å². The predicted molar refractivity (Wildman–Crippen MR) is 71.6 cm³/mol. The van der Waals surface area contributed by atoms with Crippen molar-refractivity contribution in [2.24, 2.45) is 5.92 Å². The zero-order valence-corrected chi connectivity index (χ0v) is 11.4. The lowest BCUT2D eigenvalue weighted by Gasteiger charge is -2.20. The highest BCUT2D eigenvalue weighted by Crippen LogP contribution is 2.24. The number of hydrogen-bond acceptors (Lipinski definition) is 1. The van der Waals surface area contributed by atoms with Crippen LogP contribution in [0.5, 0.6) is 0 Å². The van der Waals surface area contributed by atoms with Gasteiger partial charge in [-0.2, -0.15) is 0 Å². The molecule has 0 saturated heterocycles. The van der Waals surface area contributed by atoms with Crippen molar-refractivity contribution in [3.63, 3.8) is 0 Å². The summed E-state index contributed by atoms with van der Waals surface area (Å²) in [5.41, 5.74) is 1.93. The second-order valence-electron chi connectivity index (χ2n) is 5.11. The number of rotatable bonds is 6. The Morgan fingerprint density at radius 3 is 2.53 bits per heavy atom. The molecule has 0 heterocycles. The standard InChI is InChI=1S/C15H24FN/c1-5-17-15(9-6-11(2)3)13-10-12(4)7-8-14(13)16/h7-8,10-11,15,17H,5-6,9H2,1-4H3. The summed E-state index contributed by atoms with van der Waals surface area (Å²) in [7, 11) is 0. The van der Waals surface area contributed by atoms with Crippen LogP contribution in [0.15, 0.2) is 18.2 Å². The Balaban J connectivity index is 2.84. The number of halogens is 1. The molecule has 0 fully saturated rings. The molecular formula is C15H24FN. The molecule has 0 bridgehead atoms. The summed E-state index contributed by atoms with van der Waals surface area (Å²) in [5.74, 6) is 0.564. The SMILES string of the molecule is CCNC(CCC(C)C)c1cc(C)ccc1F. The van der Waals surface area contributed by atoms with E-state index in [4.69, 9.17) is 0 Å². The fraction of sp³-hybridized carbons (Fsp3) is 0.600. The maximum Gasteiger partial charge on any atom is 0.127 e. The molecule has 0 aromatic heterocycles. The third kappa shape index (κ3) is 4.47. The third-order valence-electron chi connectivity index (χ3n) is 3.01. The van der Waals surface area contributed by atoms with Gasteiger partial charge >= 0.3 is 0 Å². The minimum Gasteiger partial charge on any atom is -0.310 e. The highest BCUT2D eigenvalue weighted by atomic mass is 19.1. The van der Waals surface area contributed by atoms with Crippen molar-refractivity contribution < 1.29 is 4.39 Å². The van der Waals surface area contributed by atoms with Crippen LogP contribution in [0.4, 0.5) is 4.39 Å². The quantitative estimate of drug-likeness (QED) is 0.781. The molecule has 1 nitrogen and oxygen atoms in total. The van der Waals surface area contributed by atoms with Crippen LogP contribution in [0.25, 0.3) is 0 Å². The molecule has 0 aliphatic heterocycles. The molecule has 0 amide bonds. The van der Waals surface area contributed by atoms with Crippen LogP contribution in [-0.4, -0.2) is 6.54 Å². The number of aryl methyl sites for hydroxylation is 1. The van der Waals surface area contributed by atoms with E-state index in [0.29, 0.717) is 5.92 Å². The molecule has 0 saturated carbocycles. The van der Waals surface area contributed by atoms with E-state index >= 15 is 0 Å². The van der Waals surface area contributed by atoms with Crippen LogP contribution in [0, 0.1) is 18.7 Å². The van der Waals surface area contributed by atoms with Gasteiger partial charge in [0.05, 0.1) is 0 Å². The average Bonchev–Trinajstić information content (AvgIpc) is 2.27. The summed E-state index contributed by atoms with van der Waals surface area (Å²) in [5, 5.41) is 3.38. The van der Waals surface area contributed by atoms with Gasteiger partial charge in [-0.3, -0.25) is 0 Å². The van der Waals surface area contributed by atoms with Crippen LogP contribution in [0.1, 0.15) is 50.8 Å². The average molecular weight is 237 g/mol. The first-order valence-electron chi connectivity index (χ1n) is 6.54. The second-order valence-corrected chi connectivity index (χ2v) is 5.11. The summed E-state index contributed by atoms with van der Waals surface area (Å²) in [4.78, 5) is 0. The van der Waals surface area contributed by atoms with Gasteiger partial charge in [-0.15, -0.1) is 0 Å². The van der Waals surface area contributed by atoms with Gasteiger partial charge in [0.15, 0.2) is 0 Å². The molecule has 96 valence electrons. The van der Waals surface area contributed by atoms with Crippen LogP contribution in [0.3, 0.4) is 0 Å². The van der Waals surface area contributed by atoms with Crippen LogP contribution in [-0.2, 0) is 0 Å². The fourth-order valence-electron chi connectivity index (χ4n) is 2.04. The Bertz CT molecular complexity index is 347. The van der Waals surface area contributed by atoms with Crippen molar-refractivity contribution in [2.75, 3.05) is 6.54 Å². The number of nitrogens with one attached hydrogen (secondary N) is 1. The molecular weight excluding hydrogens is 213 g/mol. The van der Waals surface area contributed by atoms with Gasteiger partial charge in [-0.25, -0.2) is 4.39 Å². The molecule has 0 aliphatic rings. The number of benzene rings is 1. The molecule has 1 rings (SSSR count). The van der Waals surface area contributed by atoms with E-state index in [0.717, 1.165) is 30.5 Å². The molecule has 1 aromatic carbocycles. The molecule has 1 unspecified atom stereocenters. The minimum absolute atomic E-state index is 0.0923. The van der Waals surface area contributed by atoms with Crippen molar-refractivity contribution in [3.05, 3.63) is 35.1 Å². The predicted octanol–water partition coefficient (Wildman–Crippen LogP) is 4.22. The van der Waals surface area contributed by atoms with Gasteiger partial charge in [0, 0.05) is 11.6 Å². The molecule has 1 aromatic rings.